The molecule has 0 unspecified atom stereocenters. The van der Waals surface area contributed by atoms with E-state index in [-0.39, 0.29) is 18.2 Å². The molecule has 178 valence electrons. The second-order valence-electron chi connectivity index (χ2n) is 9.40. The number of hydrogen-bond acceptors (Lipinski definition) is 2. The molecule has 0 heterocycles. The molecule has 0 aliphatic heterocycles. The number of benzene rings is 3. The first-order chi connectivity index (χ1) is 16.1. The molecule has 3 aromatic rings. The molecule has 0 saturated carbocycles. The van der Waals surface area contributed by atoms with Crippen LogP contribution in [-0.4, -0.2) is 28.3 Å². The van der Waals surface area contributed by atoms with Crippen molar-refractivity contribution in [2.75, 3.05) is 0 Å². The van der Waals surface area contributed by atoms with E-state index in [2.05, 4.69) is 5.32 Å². The van der Waals surface area contributed by atoms with E-state index in [9.17, 15) is 9.59 Å². The minimum atomic E-state index is -0.683. The maximum atomic E-state index is 13.7. The first-order valence-electron chi connectivity index (χ1n) is 11.2. The number of halogens is 2. The predicted octanol–water partition coefficient (Wildman–Crippen LogP) is 6.09. The summed E-state index contributed by atoms with van der Waals surface area (Å²) in [5, 5.41) is 4.30. The van der Waals surface area contributed by atoms with Crippen LogP contribution >= 0.6 is 23.2 Å². The van der Waals surface area contributed by atoms with Gasteiger partial charge in [-0.15, -0.1) is 0 Å². The van der Waals surface area contributed by atoms with Gasteiger partial charge in [0, 0.05) is 28.5 Å². The van der Waals surface area contributed by atoms with Crippen molar-refractivity contribution in [3.63, 3.8) is 0 Å². The van der Waals surface area contributed by atoms with E-state index in [4.69, 9.17) is 23.2 Å². The summed E-state index contributed by atoms with van der Waals surface area (Å²) in [5.41, 5.74) is 2.29. The first kappa shape index (κ1) is 25.8. The smallest absolute Gasteiger partial charge is 0.243 e. The second kappa shape index (κ2) is 11.5. The van der Waals surface area contributed by atoms with Gasteiger partial charge in [0.25, 0.3) is 0 Å². The zero-order valence-electron chi connectivity index (χ0n) is 19.7. The molecule has 1 N–H and O–H groups in total. The van der Waals surface area contributed by atoms with Gasteiger partial charge in [0.05, 0.1) is 6.42 Å². The molecule has 0 aliphatic carbocycles. The lowest BCUT2D eigenvalue weighted by molar-refractivity contribution is -0.141. The highest BCUT2D eigenvalue weighted by molar-refractivity contribution is 6.30. The van der Waals surface area contributed by atoms with Crippen LogP contribution in [-0.2, 0) is 29.0 Å². The SMILES string of the molecule is CC(C)(C)NC(=O)[C@@H](Cc1ccccc1)N(Cc1ccc(Cl)cc1)C(=O)Cc1ccc(Cl)cc1. The fraction of sp³-hybridized carbons (Fsp3) is 0.286. The van der Waals surface area contributed by atoms with Crippen molar-refractivity contribution in [2.24, 2.45) is 0 Å². The van der Waals surface area contributed by atoms with Crippen molar-refractivity contribution >= 4 is 35.0 Å². The summed E-state index contributed by atoms with van der Waals surface area (Å²) >= 11 is 12.1. The van der Waals surface area contributed by atoms with E-state index in [1.807, 2.05) is 75.4 Å². The monoisotopic (exact) mass is 496 g/mol. The molecule has 3 rings (SSSR count). The van der Waals surface area contributed by atoms with E-state index in [1.165, 1.54) is 0 Å². The fourth-order valence-corrected chi connectivity index (χ4v) is 3.92. The number of carbonyl (C=O) groups is 2. The summed E-state index contributed by atoms with van der Waals surface area (Å²) < 4.78 is 0. The lowest BCUT2D eigenvalue weighted by Crippen LogP contribution is -2.54. The molecule has 3 aromatic carbocycles. The predicted molar refractivity (Wildman–Crippen MR) is 139 cm³/mol. The molecule has 6 heteroatoms. The van der Waals surface area contributed by atoms with Crippen LogP contribution in [0.15, 0.2) is 78.9 Å². The molecule has 1 atom stereocenters. The van der Waals surface area contributed by atoms with E-state index in [1.54, 1.807) is 29.2 Å². The minimum Gasteiger partial charge on any atom is -0.350 e. The number of nitrogens with zero attached hydrogens (tertiary/aromatic N) is 1. The van der Waals surface area contributed by atoms with Crippen LogP contribution in [0, 0.1) is 0 Å². The highest BCUT2D eigenvalue weighted by Gasteiger charge is 2.32. The summed E-state index contributed by atoms with van der Waals surface area (Å²) in [4.78, 5) is 28.8. The molecule has 0 spiro atoms. The van der Waals surface area contributed by atoms with Crippen molar-refractivity contribution < 1.29 is 9.59 Å². The molecule has 2 amide bonds. The van der Waals surface area contributed by atoms with Gasteiger partial charge >= 0.3 is 0 Å². The fourth-order valence-electron chi connectivity index (χ4n) is 3.67. The summed E-state index contributed by atoms with van der Waals surface area (Å²) in [6.45, 7) is 6.09. The van der Waals surface area contributed by atoms with Crippen LogP contribution < -0.4 is 5.32 Å². The van der Waals surface area contributed by atoms with Crippen molar-refractivity contribution in [1.82, 2.24) is 10.2 Å². The summed E-state index contributed by atoms with van der Waals surface area (Å²) in [5.74, 6) is -0.322. The Hall–Kier alpha value is -2.82. The Kier molecular flexibility index (Phi) is 8.76. The lowest BCUT2D eigenvalue weighted by Gasteiger charge is -2.34. The van der Waals surface area contributed by atoms with Crippen LogP contribution in [0.4, 0.5) is 0 Å². The van der Waals surface area contributed by atoms with Gasteiger partial charge < -0.3 is 10.2 Å². The third-order valence-corrected chi connectivity index (χ3v) is 5.81. The van der Waals surface area contributed by atoms with Crippen LogP contribution in [0.25, 0.3) is 0 Å². The highest BCUT2D eigenvalue weighted by Crippen LogP contribution is 2.19. The molecule has 0 fully saturated rings. The number of rotatable bonds is 8. The van der Waals surface area contributed by atoms with E-state index in [0.717, 1.165) is 16.7 Å². The van der Waals surface area contributed by atoms with E-state index >= 15 is 0 Å². The maximum Gasteiger partial charge on any atom is 0.243 e. The Morgan fingerprint density at radius 1 is 0.794 bits per heavy atom. The van der Waals surface area contributed by atoms with Crippen molar-refractivity contribution in [1.29, 1.82) is 0 Å². The normalized spacial score (nSPS) is 12.1. The van der Waals surface area contributed by atoms with Gasteiger partial charge in [0.2, 0.25) is 11.8 Å². The number of carbonyl (C=O) groups excluding carboxylic acids is 2. The Bertz CT molecular complexity index is 1090. The van der Waals surface area contributed by atoms with Crippen molar-refractivity contribution in [3.8, 4) is 0 Å². The number of hydrogen-bond donors (Lipinski definition) is 1. The number of amides is 2. The zero-order valence-corrected chi connectivity index (χ0v) is 21.2. The van der Waals surface area contributed by atoms with Crippen molar-refractivity contribution in [3.05, 3.63) is 106 Å². The highest BCUT2D eigenvalue weighted by atomic mass is 35.5. The van der Waals surface area contributed by atoms with Gasteiger partial charge in [0.15, 0.2) is 0 Å². The van der Waals surface area contributed by atoms with Gasteiger partial charge in [-0.3, -0.25) is 9.59 Å². The third-order valence-electron chi connectivity index (χ3n) is 5.30. The van der Waals surface area contributed by atoms with Crippen LogP contribution in [0.3, 0.4) is 0 Å². The van der Waals surface area contributed by atoms with Crippen LogP contribution in [0.5, 0.6) is 0 Å². The molecule has 0 saturated heterocycles. The average Bonchev–Trinajstić information content (AvgIpc) is 2.78. The summed E-state index contributed by atoms with van der Waals surface area (Å²) in [7, 11) is 0. The second-order valence-corrected chi connectivity index (χ2v) is 10.3. The largest absolute Gasteiger partial charge is 0.350 e. The standard InChI is InChI=1S/C28H30Cl2N2O2/c1-28(2,3)31-27(34)25(17-20-7-5-4-6-8-20)32(19-22-11-15-24(30)16-12-22)26(33)18-21-9-13-23(29)14-10-21/h4-16,25H,17-19H2,1-3H3,(H,31,34)/t25-/m1/s1. The van der Waals surface area contributed by atoms with E-state index < -0.39 is 11.6 Å². The number of nitrogens with one attached hydrogen (secondary N) is 1. The topological polar surface area (TPSA) is 49.4 Å². The van der Waals surface area contributed by atoms with Gasteiger partial charge in [-0.2, -0.15) is 0 Å². The zero-order chi connectivity index (χ0) is 24.7. The summed E-state index contributed by atoms with van der Waals surface area (Å²) in [6, 6.07) is 23.6. The Balaban J connectivity index is 1.97. The molecule has 0 aliphatic rings. The molecule has 4 nitrogen and oxygen atoms in total. The Morgan fingerprint density at radius 2 is 1.32 bits per heavy atom. The van der Waals surface area contributed by atoms with Crippen LogP contribution in [0.2, 0.25) is 10.0 Å². The molecular formula is C28H30Cl2N2O2. The molecule has 0 radical (unpaired) electrons. The van der Waals surface area contributed by atoms with Gasteiger partial charge in [0.1, 0.15) is 6.04 Å². The Morgan fingerprint density at radius 3 is 1.85 bits per heavy atom. The molecule has 34 heavy (non-hydrogen) atoms. The van der Waals surface area contributed by atoms with Crippen LogP contribution in [0.1, 0.15) is 37.5 Å². The summed E-state index contributed by atoms with van der Waals surface area (Å²) in [6.07, 6.45) is 0.571. The maximum absolute atomic E-state index is 13.7. The van der Waals surface area contributed by atoms with E-state index in [0.29, 0.717) is 23.0 Å². The molecule has 0 bridgehead atoms. The average molecular weight is 497 g/mol. The van der Waals surface area contributed by atoms with Gasteiger partial charge in [-0.25, -0.2) is 0 Å². The van der Waals surface area contributed by atoms with Gasteiger partial charge in [-0.05, 0) is 61.7 Å². The Labute approximate surface area is 211 Å². The minimum absolute atomic E-state index is 0.137. The quantitative estimate of drug-likeness (QED) is 0.410. The third kappa shape index (κ3) is 7.89. The first-order valence-corrected chi connectivity index (χ1v) is 12.0. The van der Waals surface area contributed by atoms with Gasteiger partial charge in [-0.1, -0.05) is 77.8 Å². The lowest BCUT2D eigenvalue weighted by atomic mass is 10.00. The van der Waals surface area contributed by atoms with Crippen molar-refractivity contribution in [2.45, 2.75) is 51.7 Å². The molecule has 0 aromatic heterocycles. The molecular weight excluding hydrogens is 467 g/mol.